The molecule has 2 rings (SSSR count). The van der Waals surface area contributed by atoms with Crippen molar-refractivity contribution >= 4 is 11.6 Å². The maximum absolute atomic E-state index is 13.0. The number of benzene rings is 1. The molecule has 1 aliphatic heterocycles. The second kappa shape index (κ2) is 4.80. The number of alkyl halides is 3. The predicted molar refractivity (Wildman–Crippen MR) is 58.9 cm³/mol. The molecule has 19 heavy (non-hydrogen) atoms. The van der Waals surface area contributed by atoms with E-state index in [9.17, 15) is 22.4 Å². The standard InChI is InChI=1S/C12H11F4NO2/c13-8-1-2-10(9(4-8)12(14,15)16)17-5-7(6-18)3-11(17)19/h1-2,4,7,18H,3,5-6H2. The third kappa shape index (κ3) is 2.70. The molecule has 1 aromatic rings. The van der Waals surface area contributed by atoms with Crippen LogP contribution in [0.1, 0.15) is 12.0 Å². The van der Waals surface area contributed by atoms with Crippen molar-refractivity contribution in [1.82, 2.24) is 0 Å². The first kappa shape index (κ1) is 13.8. The van der Waals surface area contributed by atoms with E-state index in [1.165, 1.54) is 0 Å². The van der Waals surface area contributed by atoms with Gasteiger partial charge in [-0.15, -0.1) is 0 Å². The topological polar surface area (TPSA) is 40.5 Å². The first-order valence-electron chi connectivity index (χ1n) is 5.61. The van der Waals surface area contributed by atoms with Gasteiger partial charge in [0.05, 0.1) is 11.3 Å². The van der Waals surface area contributed by atoms with Crippen LogP contribution in [0.2, 0.25) is 0 Å². The number of hydrogen-bond donors (Lipinski definition) is 1. The van der Waals surface area contributed by atoms with Gasteiger partial charge in [0.25, 0.3) is 0 Å². The Morgan fingerprint density at radius 3 is 2.58 bits per heavy atom. The zero-order valence-electron chi connectivity index (χ0n) is 9.75. The maximum Gasteiger partial charge on any atom is 0.418 e. The average molecular weight is 277 g/mol. The van der Waals surface area contributed by atoms with Gasteiger partial charge in [-0.3, -0.25) is 4.79 Å². The van der Waals surface area contributed by atoms with Crippen molar-refractivity contribution in [3.63, 3.8) is 0 Å². The molecular weight excluding hydrogens is 266 g/mol. The van der Waals surface area contributed by atoms with Gasteiger partial charge in [-0.1, -0.05) is 0 Å². The van der Waals surface area contributed by atoms with E-state index in [2.05, 4.69) is 0 Å². The molecule has 1 amide bonds. The van der Waals surface area contributed by atoms with Crippen LogP contribution in [0.5, 0.6) is 0 Å². The highest BCUT2D eigenvalue weighted by atomic mass is 19.4. The summed E-state index contributed by atoms with van der Waals surface area (Å²) < 4.78 is 51.5. The number of amides is 1. The van der Waals surface area contributed by atoms with Crippen LogP contribution in [-0.2, 0) is 11.0 Å². The summed E-state index contributed by atoms with van der Waals surface area (Å²) >= 11 is 0. The first-order chi connectivity index (χ1) is 8.82. The summed E-state index contributed by atoms with van der Waals surface area (Å²) in [5, 5.41) is 8.96. The molecule has 0 saturated carbocycles. The molecule has 1 heterocycles. The molecule has 1 saturated heterocycles. The Hall–Kier alpha value is -1.63. The number of rotatable bonds is 2. The van der Waals surface area contributed by atoms with Crippen LogP contribution >= 0.6 is 0 Å². The fourth-order valence-electron chi connectivity index (χ4n) is 2.11. The molecule has 0 spiro atoms. The Balaban J connectivity index is 2.43. The third-order valence-electron chi connectivity index (χ3n) is 3.02. The van der Waals surface area contributed by atoms with Crippen LogP contribution in [0.4, 0.5) is 23.2 Å². The van der Waals surface area contributed by atoms with Gasteiger partial charge in [0.2, 0.25) is 5.91 Å². The Labute approximate surface area is 106 Å². The van der Waals surface area contributed by atoms with Crippen LogP contribution in [-0.4, -0.2) is 24.2 Å². The largest absolute Gasteiger partial charge is 0.418 e. The lowest BCUT2D eigenvalue weighted by atomic mass is 10.1. The molecule has 1 fully saturated rings. The fraction of sp³-hybridized carbons (Fsp3) is 0.417. The summed E-state index contributed by atoms with van der Waals surface area (Å²) in [6.45, 7) is -0.269. The minimum atomic E-state index is -4.74. The van der Waals surface area contributed by atoms with Crippen LogP contribution < -0.4 is 4.90 Å². The molecule has 104 valence electrons. The number of carbonyl (C=O) groups excluding carboxylic acids is 1. The first-order valence-corrected chi connectivity index (χ1v) is 5.61. The van der Waals surface area contributed by atoms with Crippen molar-refractivity contribution in [2.24, 2.45) is 5.92 Å². The predicted octanol–water partition coefficient (Wildman–Crippen LogP) is 2.19. The van der Waals surface area contributed by atoms with Gasteiger partial charge in [0, 0.05) is 25.5 Å². The van der Waals surface area contributed by atoms with Gasteiger partial charge in [-0.2, -0.15) is 13.2 Å². The number of nitrogens with zero attached hydrogens (tertiary/aromatic N) is 1. The van der Waals surface area contributed by atoms with Crippen LogP contribution in [0.3, 0.4) is 0 Å². The fourth-order valence-corrected chi connectivity index (χ4v) is 2.11. The summed E-state index contributed by atoms with van der Waals surface area (Å²) in [5.74, 6) is -1.91. The van der Waals surface area contributed by atoms with E-state index in [-0.39, 0.29) is 25.3 Å². The number of hydrogen-bond acceptors (Lipinski definition) is 2. The lowest BCUT2D eigenvalue weighted by Gasteiger charge is -2.21. The minimum Gasteiger partial charge on any atom is -0.396 e. The maximum atomic E-state index is 13.0. The van der Waals surface area contributed by atoms with E-state index < -0.39 is 29.4 Å². The number of halogens is 4. The van der Waals surface area contributed by atoms with E-state index in [1.807, 2.05) is 0 Å². The van der Waals surface area contributed by atoms with E-state index in [0.717, 1.165) is 17.0 Å². The van der Waals surface area contributed by atoms with E-state index in [0.29, 0.717) is 6.07 Å². The van der Waals surface area contributed by atoms with Crippen molar-refractivity contribution in [2.45, 2.75) is 12.6 Å². The Morgan fingerprint density at radius 2 is 2.05 bits per heavy atom. The zero-order chi connectivity index (χ0) is 14.2. The monoisotopic (exact) mass is 277 g/mol. The second-order valence-electron chi connectivity index (χ2n) is 4.42. The highest BCUT2D eigenvalue weighted by Gasteiger charge is 2.39. The van der Waals surface area contributed by atoms with Crippen LogP contribution in [0.15, 0.2) is 18.2 Å². The van der Waals surface area contributed by atoms with Gasteiger partial charge >= 0.3 is 6.18 Å². The number of aliphatic hydroxyl groups is 1. The molecule has 1 aliphatic rings. The minimum absolute atomic E-state index is 0.00401. The van der Waals surface area contributed by atoms with Crippen LogP contribution in [0, 0.1) is 11.7 Å². The van der Waals surface area contributed by atoms with Gasteiger partial charge in [0.15, 0.2) is 0 Å². The van der Waals surface area contributed by atoms with E-state index in [4.69, 9.17) is 5.11 Å². The number of carbonyl (C=O) groups is 1. The van der Waals surface area contributed by atoms with Gasteiger partial charge < -0.3 is 10.0 Å². The molecule has 1 aromatic carbocycles. The highest BCUT2D eigenvalue weighted by molar-refractivity contribution is 5.96. The smallest absolute Gasteiger partial charge is 0.396 e. The quantitative estimate of drug-likeness (QED) is 0.842. The molecule has 7 heteroatoms. The molecular formula is C12H11F4NO2. The second-order valence-corrected chi connectivity index (χ2v) is 4.42. The molecule has 0 bridgehead atoms. The van der Waals surface area contributed by atoms with Crippen molar-refractivity contribution in [3.05, 3.63) is 29.6 Å². The molecule has 0 radical (unpaired) electrons. The number of aliphatic hydroxyl groups excluding tert-OH is 1. The molecule has 1 unspecified atom stereocenters. The van der Waals surface area contributed by atoms with E-state index in [1.54, 1.807) is 0 Å². The normalized spacial score (nSPS) is 20.2. The zero-order valence-corrected chi connectivity index (χ0v) is 9.75. The van der Waals surface area contributed by atoms with Crippen molar-refractivity contribution < 1.29 is 27.5 Å². The van der Waals surface area contributed by atoms with Gasteiger partial charge in [-0.25, -0.2) is 4.39 Å². The van der Waals surface area contributed by atoms with E-state index >= 15 is 0 Å². The summed E-state index contributed by atoms with van der Waals surface area (Å²) in [6.07, 6.45) is -4.75. The summed E-state index contributed by atoms with van der Waals surface area (Å²) in [6, 6.07) is 2.19. The average Bonchev–Trinajstić information content (AvgIpc) is 2.69. The van der Waals surface area contributed by atoms with Crippen molar-refractivity contribution in [2.75, 3.05) is 18.1 Å². The Morgan fingerprint density at radius 1 is 1.37 bits per heavy atom. The SMILES string of the molecule is O=C1CC(CO)CN1c1ccc(F)cc1C(F)(F)F. The Bertz CT molecular complexity index is 501. The summed E-state index contributed by atoms with van der Waals surface area (Å²) in [7, 11) is 0. The molecule has 0 aromatic heterocycles. The third-order valence-corrected chi connectivity index (χ3v) is 3.02. The number of anilines is 1. The molecule has 1 atom stereocenters. The van der Waals surface area contributed by atoms with Gasteiger partial charge in [0.1, 0.15) is 5.82 Å². The lowest BCUT2D eigenvalue weighted by Crippen LogP contribution is -2.27. The highest BCUT2D eigenvalue weighted by Crippen LogP contribution is 2.38. The van der Waals surface area contributed by atoms with Crippen molar-refractivity contribution in [1.29, 1.82) is 0 Å². The summed E-state index contributed by atoms with van der Waals surface area (Å²) in [5.41, 5.74) is -1.55. The molecule has 0 aliphatic carbocycles. The van der Waals surface area contributed by atoms with Crippen molar-refractivity contribution in [3.8, 4) is 0 Å². The Kier molecular flexibility index (Phi) is 3.49. The molecule has 3 nitrogen and oxygen atoms in total. The van der Waals surface area contributed by atoms with Crippen LogP contribution in [0.25, 0.3) is 0 Å². The summed E-state index contributed by atoms with van der Waals surface area (Å²) in [4.78, 5) is 12.6. The molecule has 1 N–H and O–H groups in total. The van der Waals surface area contributed by atoms with Gasteiger partial charge in [-0.05, 0) is 18.2 Å². The lowest BCUT2D eigenvalue weighted by molar-refractivity contribution is -0.137.